The molecule has 0 radical (unpaired) electrons. The monoisotopic (exact) mass is 916 g/mol. The SMILES string of the molecule is C=C/C(=C\C=C(/C)N(c1ccc(N(c2ccccc2)c2ccc(/C=C\C)c(C)c2)cc1)c1ccc(N(c2ccccc2)c2ccc3ccccc3c2)cc1)N(c1ccccc1)c1ccc2ccccc2c1. The van der Waals surface area contributed by atoms with Crippen molar-refractivity contribution in [1.82, 2.24) is 0 Å². The van der Waals surface area contributed by atoms with Gasteiger partial charge < -0.3 is 19.6 Å². The van der Waals surface area contributed by atoms with Gasteiger partial charge in [0.25, 0.3) is 0 Å². The minimum absolute atomic E-state index is 0.944. The van der Waals surface area contributed by atoms with Crippen molar-refractivity contribution in [3.05, 3.63) is 296 Å². The predicted molar refractivity (Wildman–Crippen MR) is 306 cm³/mol. The number of benzene rings is 10. The van der Waals surface area contributed by atoms with Crippen LogP contribution in [-0.2, 0) is 0 Å². The Bertz CT molecular complexity index is 3520. The molecule has 0 saturated carbocycles. The molecule has 0 bridgehead atoms. The summed E-state index contributed by atoms with van der Waals surface area (Å²) >= 11 is 0. The molecule has 4 heteroatoms. The third kappa shape index (κ3) is 9.92. The standard InChI is InChI=1S/C67H56N4/c1-5-20-52-32-36-65(47-50(52)3)70(59-27-12-8-13-28-59)63-43-39-61(40-44-63)68(51(4)31-35-57(6-2)69(58-25-10-7-11-26-58)66-37-33-53-21-16-18-23-55(53)48-66)62-41-45-64(46-42-62)71(60-29-14-9-15-30-60)67-38-34-54-22-17-19-24-56(54)49-67/h5-49H,2H2,1,3-4H3/b20-5-,51-31+,57-35+. The number of fused-ring (bicyclic) bond motifs is 2. The Morgan fingerprint density at radius 3 is 1.24 bits per heavy atom. The van der Waals surface area contributed by atoms with Crippen molar-refractivity contribution in [3.63, 3.8) is 0 Å². The third-order valence-electron chi connectivity index (χ3n) is 12.9. The number of hydrogen-bond donors (Lipinski definition) is 0. The number of hydrogen-bond acceptors (Lipinski definition) is 4. The minimum Gasteiger partial charge on any atom is -0.315 e. The van der Waals surface area contributed by atoms with Gasteiger partial charge in [0.05, 0.1) is 0 Å². The van der Waals surface area contributed by atoms with E-state index in [4.69, 9.17) is 0 Å². The van der Waals surface area contributed by atoms with Crippen molar-refractivity contribution in [2.24, 2.45) is 0 Å². The maximum absolute atomic E-state index is 4.36. The maximum Gasteiger partial charge on any atom is 0.0468 e. The first-order valence-corrected chi connectivity index (χ1v) is 24.2. The first-order valence-electron chi connectivity index (χ1n) is 24.2. The highest BCUT2D eigenvalue weighted by Crippen LogP contribution is 2.41. The van der Waals surface area contributed by atoms with E-state index in [1.807, 2.05) is 6.08 Å². The molecule has 0 saturated heterocycles. The fourth-order valence-corrected chi connectivity index (χ4v) is 9.44. The zero-order valence-corrected chi connectivity index (χ0v) is 40.5. The fraction of sp³-hybridized carbons (Fsp3) is 0.0448. The summed E-state index contributed by atoms with van der Waals surface area (Å²) in [4.78, 5) is 9.26. The van der Waals surface area contributed by atoms with Gasteiger partial charge in [-0.05, 0) is 193 Å². The van der Waals surface area contributed by atoms with E-state index in [2.05, 4.69) is 314 Å². The molecule has 0 aliphatic carbocycles. The average molecular weight is 917 g/mol. The number of rotatable bonds is 15. The molecular formula is C67H56N4. The molecule has 0 aromatic heterocycles. The lowest BCUT2D eigenvalue weighted by atomic mass is 10.1. The quantitative estimate of drug-likeness (QED) is 0.0950. The van der Waals surface area contributed by atoms with Gasteiger partial charge in [0.15, 0.2) is 0 Å². The Kier molecular flexibility index (Phi) is 13.5. The molecular weight excluding hydrogens is 861 g/mol. The van der Waals surface area contributed by atoms with E-state index in [9.17, 15) is 0 Å². The molecule has 10 aromatic rings. The van der Waals surface area contributed by atoms with Crippen molar-refractivity contribution in [3.8, 4) is 0 Å². The number of anilines is 10. The van der Waals surface area contributed by atoms with E-state index in [-0.39, 0.29) is 0 Å². The normalized spacial score (nSPS) is 11.8. The fourth-order valence-electron chi connectivity index (χ4n) is 9.44. The maximum atomic E-state index is 4.36. The van der Waals surface area contributed by atoms with Crippen LogP contribution in [0, 0.1) is 6.92 Å². The number of para-hydroxylation sites is 3. The molecule has 0 spiro atoms. The summed E-state index contributed by atoms with van der Waals surface area (Å²) in [5, 5.41) is 4.79. The van der Waals surface area contributed by atoms with Gasteiger partial charge in [0, 0.05) is 68.3 Å². The molecule has 0 unspecified atom stereocenters. The van der Waals surface area contributed by atoms with E-state index >= 15 is 0 Å². The lowest BCUT2D eigenvalue weighted by molar-refractivity contribution is 1.14. The Morgan fingerprint density at radius 1 is 0.366 bits per heavy atom. The van der Waals surface area contributed by atoms with E-state index in [1.165, 1.54) is 32.7 Å². The van der Waals surface area contributed by atoms with Crippen LogP contribution in [0.2, 0.25) is 0 Å². The van der Waals surface area contributed by atoms with Crippen LogP contribution < -0.4 is 19.6 Å². The lowest BCUT2D eigenvalue weighted by Crippen LogP contribution is -2.17. The van der Waals surface area contributed by atoms with Gasteiger partial charge in [-0.2, -0.15) is 0 Å². The molecule has 0 heterocycles. The van der Waals surface area contributed by atoms with Crippen molar-refractivity contribution in [1.29, 1.82) is 0 Å². The van der Waals surface area contributed by atoms with Gasteiger partial charge >= 0.3 is 0 Å². The van der Waals surface area contributed by atoms with Gasteiger partial charge in [-0.15, -0.1) is 0 Å². The van der Waals surface area contributed by atoms with Gasteiger partial charge in [0.1, 0.15) is 0 Å². The van der Waals surface area contributed by atoms with Crippen LogP contribution in [0.4, 0.5) is 56.9 Å². The second-order valence-corrected chi connectivity index (χ2v) is 17.6. The number of aryl methyl sites for hydroxylation is 1. The Morgan fingerprint density at radius 2 is 0.746 bits per heavy atom. The van der Waals surface area contributed by atoms with Crippen LogP contribution >= 0.6 is 0 Å². The zero-order chi connectivity index (χ0) is 48.5. The summed E-state index contributed by atoms with van der Waals surface area (Å²) < 4.78 is 0. The second kappa shape index (κ2) is 21.0. The van der Waals surface area contributed by atoms with Crippen molar-refractivity contribution < 1.29 is 0 Å². The molecule has 71 heavy (non-hydrogen) atoms. The van der Waals surface area contributed by atoms with Gasteiger partial charge in [-0.25, -0.2) is 0 Å². The molecule has 0 atom stereocenters. The Balaban J connectivity index is 1.08. The summed E-state index contributed by atoms with van der Waals surface area (Å²) in [5.74, 6) is 0. The summed E-state index contributed by atoms with van der Waals surface area (Å²) in [5.41, 5.74) is 15.1. The van der Waals surface area contributed by atoms with Crippen LogP contribution in [0.25, 0.3) is 27.6 Å². The van der Waals surface area contributed by atoms with Crippen molar-refractivity contribution >= 4 is 84.5 Å². The van der Waals surface area contributed by atoms with Gasteiger partial charge in [-0.1, -0.05) is 140 Å². The van der Waals surface area contributed by atoms with Crippen LogP contribution in [0.5, 0.6) is 0 Å². The molecule has 0 aliphatic rings. The van der Waals surface area contributed by atoms with Crippen LogP contribution in [0.15, 0.2) is 285 Å². The first-order chi connectivity index (χ1) is 34.9. The molecule has 344 valence electrons. The van der Waals surface area contributed by atoms with E-state index in [0.29, 0.717) is 0 Å². The predicted octanol–water partition coefficient (Wildman–Crippen LogP) is 19.2. The molecule has 0 amide bonds. The lowest BCUT2D eigenvalue weighted by Gasteiger charge is -2.30. The number of nitrogens with zero attached hydrogens (tertiary/aromatic N) is 4. The molecule has 4 nitrogen and oxygen atoms in total. The number of allylic oxidation sites excluding steroid dienone is 5. The van der Waals surface area contributed by atoms with Crippen molar-refractivity contribution in [2.75, 3.05) is 19.6 Å². The van der Waals surface area contributed by atoms with E-state index in [1.54, 1.807) is 0 Å². The van der Waals surface area contributed by atoms with Crippen LogP contribution in [0.3, 0.4) is 0 Å². The third-order valence-corrected chi connectivity index (χ3v) is 12.9. The highest BCUT2D eigenvalue weighted by Gasteiger charge is 2.19. The second-order valence-electron chi connectivity index (χ2n) is 17.6. The Hall–Kier alpha value is -9.12. The molecule has 0 N–H and O–H groups in total. The molecule has 0 aliphatic heterocycles. The average Bonchev–Trinajstić information content (AvgIpc) is 3.42. The summed E-state index contributed by atoms with van der Waals surface area (Å²) in [6.07, 6.45) is 10.6. The summed E-state index contributed by atoms with van der Waals surface area (Å²) in [7, 11) is 0. The largest absolute Gasteiger partial charge is 0.315 e. The Labute approximate surface area is 418 Å². The topological polar surface area (TPSA) is 13.0 Å². The van der Waals surface area contributed by atoms with Crippen LogP contribution in [0.1, 0.15) is 25.0 Å². The smallest absolute Gasteiger partial charge is 0.0468 e. The molecule has 0 fully saturated rings. The zero-order valence-electron chi connectivity index (χ0n) is 40.5. The highest BCUT2D eigenvalue weighted by molar-refractivity contribution is 5.90. The molecule has 10 aromatic carbocycles. The van der Waals surface area contributed by atoms with Gasteiger partial charge in [0.2, 0.25) is 0 Å². The highest BCUT2D eigenvalue weighted by atomic mass is 15.2. The van der Waals surface area contributed by atoms with Crippen molar-refractivity contribution in [2.45, 2.75) is 20.8 Å². The van der Waals surface area contributed by atoms with E-state index < -0.39 is 0 Å². The summed E-state index contributed by atoms with van der Waals surface area (Å²) in [6.45, 7) is 10.8. The van der Waals surface area contributed by atoms with Crippen LogP contribution in [-0.4, -0.2) is 0 Å². The van der Waals surface area contributed by atoms with Gasteiger partial charge in [-0.3, -0.25) is 0 Å². The minimum atomic E-state index is 0.944. The van der Waals surface area contributed by atoms with E-state index in [0.717, 1.165) is 68.3 Å². The summed E-state index contributed by atoms with van der Waals surface area (Å²) in [6, 6.07) is 86.5. The first kappa shape index (κ1) is 45.7. The molecule has 10 rings (SSSR count).